The fraction of sp³-hybridized carbons (Fsp3) is 0.784. The van der Waals surface area contributed by atoms with Crippen molar-refractivity contribution in [2.75, 3.05) is 24.7 Å². The Hall–Kier alpha value is -2.27. The lowest BCUT2D eigenvalue weighted by Crippen LogP contribution is -2.53. The Morgan fingerprint density at radius 2 is 1.35 bits per heavy atom. The van der Waals surface area contributed by atoms with E-state index in [1.54, 1.807) is 6.20 Å². The smallest absolute Gasteiger partial charge is 0.303 e. The second-order valence-electron chi connectivity index (χ2n) is 13.8. The molecule has 0 saturated carbocycles. The SMILES string of the molecule is NC(=O)C(CSSCC(C=O)NP)NC(=O)C(Cc1cnc[nH]1)NCCOONC(=O)CCCCCCCCCCCCCCCCCCCCCC(=O)O. The number of hydrogen-bond donors (Lipinski definition) is 7. The molecule has 1 heterocycles. The lowest BCUT2D eigenvalue weighted by atomic mass is 10.0. The summed E-state index contributed by atoms with van der Waals surface area (Å²) >= 11 is 0. The Bertz CT molecular complexity index is 1140. The summed E-state index contributed by atoms with van der Waals surface area (Å²) in [6, 6.07) is -2.00. The number of aromatic nitrogens is 2. The average molecular weight is 834 g/mol. The molecule has 15 nitrogen and oxygen atoms in total. The second kappa shape index (κ2) is 36.1. The number of imidazole rings is 1. The van der Waals surface area contributed by atoms with Crippen LogP contribution in [0.5, 0.6) is 0 Å². The number of primary amides is 1. The number of carbonyl (C=O) groups excluding carboxylic acids is 4. The van der Waals surface area contributed by atoms with E-state index in [1.807, 2.05) is 0 Å². The lowest BCUT2D eigenvalue weighted by Gasteiger charge is -2.21. The van der Waals surface area contributed by atoms with Gasteiger partial charge < -0.3 is 31.3 Å². The molecule has 0 fully saturated rings. The van der Waals surface area contributed by atoms with E-state index in [0.717, 1.165) is 44.8 Å². The number of aromatic amines is 1. The standard InChI is InChI=1S/C37H68N7O8PS2/c38-36(49)33(28-55-54-27-31(26-45)44-53)42-37(50)32(24-30-25-39-29-41-30)40-22-23-51-52-43-34(46)20-18-16-14-12-10-8-6-4-2-1-3-5-7-9-11-13-15-17-19-21-35(47)48/h25-26,29,31-33,40,44H,1-24,27-28,53H2,(H2,38,49)(H,39,41)(H,42,50)(H,43,46)(H,47,48). The molecule has 1 aromatic heterocycles. The van der Waals surface area contributed by atoms with Gasteiger partial charge in [-0.2, -0.15) is 0 Å². The molecular formula is C37H68N7O8PS2. The van der Waals surface area contributed by atoms with Crippen LogP contribution >= 0.6 is 31.0 Å². The highest BCUT2D eigenvalue weighted by Gasteiger charge is 2.25. The second-order valence-corrected chi connectivity index (χ2v) is 16.7. The number of nitrogens with zero attached hydrogens (tertiary/aromatic N) is 1. The van der Waals surface area contributed by atoms with Crippen LogP contribution in [0.25, 0.3) is 0 Å². The molecule has 55 heavy (non-hydrogen) atoms. The molecule has 0 aliphatic rings. The number of hydrogen-bond acceptors (Lipinski definition) is 12. The number of amides is 3. The minimum atomic E-state index is -0.913. The van der Waals surface area contributed by atoms with E-state index < -0.39 is 29.9 Å². The Balaban J connectivity index is 2.05. The van der Waals surface area contributed by atoms with Crippen molar-refractivity contribution < 1.29 is 39.0 Å². The number of hydroxylamine groups is 1. The maximum absolute atomic E-state index is 13.1. The first-order valence-corrected chi connectivity index (χ1v) is 23.1. The first kappa shape index (κ1) is 50.7. The van der Waals surface area contributed by atoms with Crippen molar-refractivity contribution in [2.24, 2.45) is 5.73 Å². The largest absolute Gasteiger partial charge is 0.481 e. The van der Waals surface area contributed by atoms with E-state index in [4.69, 9.17) is 20.7 Å². The summed E-state index contributed by atoms with van der Waals surface area (Å²) in [6.07, 6.45) is 27.5. The molecule has 4 unspecified atom stereocenters. The van der Waals surface area contributed by atoms with Gasteiger partial charge in [0.1, 0.15) is 12.3 Å². The van der Waals surface area contributed by atoms with Crippen LogP contribution in [0.1, 0.15) is 141 Å². The van der Waals surface area contributed by atoms with Gasteiger partial charge in [-0.1, -0.05) is 140 Å². The summed E-state index contributed by atoms with van der Waals surface area (Å²) in [7, 11) is 5.01. The molecule has 0 aliphatic carbocycles. The van der Waals surface area contributed by atoms with Crippen LogP contribution in [0.2, 0.25) is 0 Å². The van der Waals surface area contributed by atoms with Gasteiger partial charge in [-0.25, -0.2) is 15.4 Å². The molecule has 18 heteroatoms. The van der Waals surface area contributed by atoms with Crippen molar-refractivity contribution in [3.63, 3.8) is 0 Å². The molecule has 8 N–H and O–H groups in total. The molecule has 0 saturated heterocycles. The van der Waals surface area contributed by atoms with Crippen molar-refractivity contribution in [3.8, 4) is 0 Å². The highest BCUT2D eigenvalue weighted by molar-refractivity contribution is 8.76. The van der Waals surface area contributed by atoms with Gasteiger partial charge in [0, 0.05) is 49.2 Å². The number of unbranched alkanes of at least 4 members (excludes halogenated alkanes) is 18. The van der Waals surface area contributed by atoms with E-state index in [-0.39, 0.29) is 37.3 Å². The van der Waals surface area contributed by atoms with Gasteiger partial charge in [0.05, 0.1) is 25.0 Å². The minimum absolute atomic E-state index is 0.0430. The van der Waals surface area contributed by atoms with Crippen LogP contribution in [0.3, 0.4) is 0 Å². The number of nitrogens with one attached hydrogen (secondary N) is 5. The van der Waals surface area contributed by atoms with Crippen molar-refractivity contribution in [3.05, 3.63) is 18.2 Å². The molecule has 0 aliphatic heterocycles. The van der Waals surface area contributed by atoms with Crippen LogP contribution < -0.4 is 26.9 Å². The molecular weight excluding hydrogens is 766 g/mol. The third-order valence-electron chi connectivity index (χ3n) is 8.98. The van der Waals surface area contributed by atoms with Gasteiger partial charge in [0.15, 0.2) is 0 Å². The van der Waals surface area contributed by atoms with Crippen molar-refractivity contribution in [1.29, 1.82) is 0 Å². The Morgan fingerprint density at radius 3 is 1.82 bits per heavy atom. The first-order valence-electron chi connectivity index (χ1n) is 20.0. The third kappa shape index (κ3) is 30.5. The third-order valence-corrected chi connectivity index (χ3v) is 11.9. The van der Waals surface area contributed by atoms with Gasteiger partial charge in [-0.15, -0.1) is 4.99 Å². The Morgan fingerprint density at radius 1 is 0.818 bits per heavy atom. The zero-order chi connectivity index (χ0) is 40.2. The minimum Gasteiger partial charge on any atom is -0.481 e. The molecule has 3 amide bonds. The number of carboxylic acids is 1. The van der Waals surface area contributed by atoms with E-state index in [1.165, 1.54) is 111 Å². The van der Waals surface area contributed by atoms with E-state index in [9.17, 15) is 24.0 Å². The number of aldehydes is 1. The van der Waals surface area contributed by atoms with Crippen molar-refractivity contribution in [1.82, 2.24) is 31.2 Å². The summed E-state index contributed by atoms with van der Waals surface area (Å²) in [5.74, 6) is -1.33. The quantitative estimate of drug-likeness (QED) is 0.0109. The van der Waals surface area contributed by atoms with Gasteiger partial charge >= 0.3 is 5.97 Å². The Kier molecular flexibility index (Phi) is 33.3. The topological polar surface area (TPSA) is 227 Å². The summed E-state index contributed by atoms with van der Waals surface area (Å²) in [4.78, 5) is 75.6. The van der Waals surface area contributed by atoms with Crippen LogP contribution in [0, 0.1) is 0 Å². The molecule has 4 atom stereocenters. The molecule has 316 valence electrons. The fourth-order valence-electron chi connectivity index (χ4n) is 5.72. The molecule has 1 aromatic rings. The van der Waals surface area contributed by atoms with Crippen LogP contribution in [0.4, 0.5) is 0 Å². The summed E-state index contributed by atoms with van der Waals surface area (Å²) in [5.41, 5.74) is 8.55. The van der Waals surface area contributed by atoms with E-state index in [0.29, 0.717) is 24.3 Å². The van der Waals surface area contributed by atoms with Gasteiger partial charge in [0.25, 0.3) is 0 Å². The summed E-state index contributed by atoms with van der Waals surface area (Å²) in [6.45, 7) is 0.256. The number of H-pyrrole nitrogens is 1. The predicted octanol–water partition coefficient (Wildman–Crippen LogP) is 5.47. The maximum atomic E-state index is 13.1. The highest BCUT2D eigenvalue weighted by Crippen LogP contribution is 2.23. The number of carboxylic acid groups (broad SMARTS) is 1. The summed E-state index contributed by atoms with van der Waals surface area (Å²) < 4.78 is 0. The monoisotopic (exact) mass is 833 g/mol. The zero-order valence-corrected chi connectivity index (χ0v) is 35.4. The van der Waals surface area contributed by atoms with Gasteiger partial charge in [-0.3, -0.25) is 24.3 Å². The Labute approximate surface area is 338 Å². The molecule has 0 spiro atoms. The molecule has 0 bridgehead atoms. The van der Waals surface area contributed by atoms with E-state index in [2.05, 4.69) is 40.6 Å². The molecule has 0 aromatic carbocycles. The highest BCUT2D eigenvalue weighted by atomic mass is 33.1. The van der Waals surface area contributed by atoms with Crippen LogP contribution in [-0.2, 0) is 40.3 Å². The first-order chi connectivity index (χ1) is 26.8. The van der Waals surface area contributed by atoms with Crippen molar-refractivity contribution in [2.45, 2.75) is 159 Å². The fourth-order valence-corrected chi connectivity index (χ4v) is 8.41. The number of nitrogens with two attached hydrogens (primary N) is 1. The van der Waals surface area contributed by atoms with Crippen LogP contribution in [0.15, 0.2) is 12.5 Å². The number of rotatable bonds is 40. The predicted molar refractivity (Wildman–Crippen MR) is 223 cm³/mol. The van der Waals surface area contributed by atoms with Crippen molar-refractivity contribution >= 4 is 61.0 Å². The molecule has 1 rings (SSSR count). The van der Waals surface area contributed by atoms with Gasteiger partial charge in [-0.05, 0) is 12.8 Å². The lowest BCUT2D eigenvalue weighted by molar-refractivity contribution is -0.327. The van der Waals surface area contributed by atoms with Gasteiger partial charge in [0.2, 0.25) is 17.7 Å². The normalized spacial score (nSPS) is 12.9. The van der Waals surface area contributed by atoms with Crippen LogP contribution in [-0.4, -0.2) is 87.8 Å². The average Bonchev–Trinajstić information content (AvgIpc) is 3.69. The maximum Gasteiger partial charge on any atom is 0.303 e. The molecule has 0 radical (unpaired) electrons. The number of carbonyl (C=O) groups is 5. The number of aliphatic carboxylic acids is 1. The van der Waals surface area contributed by atoms with E-state index >= 15 is 0 Å². The zero-order valence-electron chi connectivity index (χ0n) is 32.6. The summed E-state index contributed by atoms with van der Waals surface area (Å²) in [5, 5.41) is 17.2.